The molecule has 0 aliphatic rings. The number of aliphatic carboxylic acids is 1. The molecule has 186 valence electrons. The number of carboxylic acid groups (broad SMARTS) is 1. The van der Waals surface area contributed by atoms with Crippen molar-refractivity contribution in [3.63, 3.8) is 0 Å². The molecule has 5 unspecified atom stereocenters. The Morgan fingerprint density at radius 2 is 1.47 bits per heavy atom. The molecule has 0 heterocycles. The second-order valence-electron chi connectivity index (χ2n) is 9.02. The lowest BCUT2D eigenvalue weighted by Crippen LogP contribution is -2.59. The highest BCUT2D eigenvalue weighted by Gasteiger charge is 2.33. The number of carbonyl (C=O) groups is 4. The Bertz CT molecular complexity index is 629. The van der Waals surface area contributed by atoms with E-state index in [2.05, 4.69) is 16.0 Å². The van der Waals surface area contributed by atoms with E-state index < -0.39 is 47.9 Å². The zero-order valence-corrected chi connectivity index (χ0v) is 21.3. The van der Waals surface area contributed by atoms with Crippen molar-refractivity contribution in [3.05, 3.63) is 0 Å². The number of thioether (sulfide) groups is 1. The molecule has 0 saturated carbocycles. The van der Waals surface area contributed by atoms with Crippen molar-refractivity contribution >= 4 is 35.5 Å². The third-order valence-electron chi connectivity index (χ3n) is 5.33. The van der Waals surface area contributed by atoms with Gasteiger partial charge in [-0.15, -0.1) is 0 Å². The second kappa shape index (κ2) is 15.1. The summed E-state index contributed by atoms with van der Waals surface area (Å²) in [6.07, 6.45) is 3.38. The highest BCUT2D eigenvalue weighted by atomic mass is 32.2. The molecular formula is C22H42N4O5S. The van der Waals surface area contributed by atoms with Crippen LogP contribution in [0, 0.1) is 17.8 Å². The second-order valence-corrected chi connectivity index (χ2v) is 10.0. The van der Waals surface area contributed by atoms with Crippen molar-refractivity contribution in [3.8, 4) is 0 Å². The molecule has 0 aromatic rings. The Hall–Kier alpha value is -1.81. The van der Waals surface area contributed by atoms with Crippen LogP contribution in [0.1, 0.15) is 60.8 Å². The maximum absolute atomic E-state index is 13.1. The molecule has 32 heavy (non-hydrogen) atoms. The minimum absolute atomic E-state index is 0.0741. The molecule has 0 rings (SSSR count). The zero-order valence-electron chi connectivity index (χ0n) is 20.4. The third-order valence-corrected chi connectivity index (χ3v) is 5.98. The number of carbonyl (C=O) groups excluding carboxylic acids is 3. The molecule has 5 atom stereocenters. The van der Waals surface area contributed by atoms with Gasteiger partial charge in [0, 0.05) is 0 Å². The van der Waals surface area contributed by atoms with Gasteiger partial charge in [0.1, 0.15) is 18.1 Å². The summed E-state index contributed by atoms with van der Waals surface area (Å²) < 4.78 is 0. The van der Waals surface area contributed by atoms with Gasteiger partial charge < -0.3 is 26.8 Å². The van der Waals surface area contributed by atoms with E-state index in [1.807, 2.05) is 34.0 Å². The van der Waals surface area contributed by atoms with Crippen LogP contribution in [0.15, 0.2) is 0 Å². The van der Waals surface area contributed by atoms with E-state index in [9.17, 15) is 24.3 Å². The van der Waals surface area contributed by atoms with Crippen molar-refractivity contribution in [2.24, 2.45) is 23.5 Å². The van der Waals surface area contributed by atoms with Crippen molar-refractivity contribution in [1.82, 2.24) is 16.0 Å². The fraction of sp³-hybridized carbons (Fsp3) is 0.818. The predicted octanol–water partition coefficient (Wildman–Crippen LogP) is 1.35. The normalized spacial score (nSPS) is 16.1. The van der Waals surface area contributed by atoms with Crippen LogP contribution in [-0.2, 0) is 19.2 Å². The summed E-state index contributed by atoms with van der Waals surface area (Å²) >= 11 is 1.58. The van der Waals surface area contributed by atoms with Gasteiger partial charge in [-0.25, -0.2) is 4.79 Å². The van der Waals surface area contributed by atoms with Gasteiger partial charge in [0.05, 0.1) is 6.04 Å². The van der Waals surface area contributed by atoms with E-state index in [0.29, 0.717) is 19.3 Å². The summed E-state index contributed by atoms with van der Waals surface area (Å²) in [5, 5.41) is 17.4. The van der Waals surface area contributed by atoms with Gasteiger partial charge in [-0.1, -0.05) is 48.0 Å². The number of nitrogens with two attached hydrogens (primary N) is 1. The van der Waals surface area contributed by atoms with Gasteiger partial charge in [-0.05, 0) is 42.6 Å². The first-order chi connectivity index (χ1) is 14.8. The molecule has 0 bridgehead atoms. The van der Waals surface area contributed by atoms with E-state index >= 15 is 0 Å². The quantitative estimate of drug-likeness (QED) is 0.240. The third kappa shape index (κ3) is 10.7. The van der Waals surface area contributed by atoms with Crippen molar-refractivity contribution in [2.45, 2.75) is 85.0 Å². The van der Waals surface area contributed by atoms with Crippen LogP contribution in [0.3, 0.4) is 0 Å². The number of amides is 3. The van der Waals surface area contributed by atoms with Crippen molar-refractivity contribution in [2.75, 3.05) is 12.0 Å². The maximum Gasteiger partial charge on any atom is 0.326 e. The van der Waals surface area contributed by atoms with E-state index in [4.69, 9.17) is 5.73 Å². The van der Waals surface area contributed by atoms with Crippen LogP contribution in [0.2, 0.25) is 0 Å². The molecular weight excluding hydrogens is 432 g/mol. The average molecular weight is 475 g/mol. The SMILES string of the molecule is CCC(C)C(NC(=O)C(N)CCSC)C(=O)NC(CC(C)C)C(=O)NC(C(=O)O)C(C)C. The Labute approximate surface area is 196 Å². The van der Waals surface area contributed by atoms with Crippen molar-refractivity contribution in [1.29, 1.82) is 0 Å². The summed E-state index contributed by atoms with van der Waals surface area (Å²) in [5.41, 5.74) is 5.94. The first-order valence-electron chi connectivity index (χ1n) is 11.2. The van der Waals surface area contributed by atoms with Crippen LogP contribution < -0.4 is 21.7 Å². The molecule has 0 aliphatic carbocycles. The maximum atomic E-state index is 13.1. The Morgan fingerprint density at radius 1 is 0.906 bits per heavy atom. The molecule has 6 N–H and O–H groups in total. The van der Waals surface area contributed by atoms with E-state index in [1.165, 1.54) is 0 Å². The van der Waals surface area contributed by atoms with Gasteiger partial charge in [-0.3, -0.25) is 14.4 Å². The van der Waals surface area contributed by atoms with E-state index in [1.54, 1.807) is 25.6 Å². The van der Waals surface area contributed by atoms with Gasteiger partial charge in [0.25, 0.3) is 0 Å². The average Bonchev–Trinajstić information content (AvgIpc) is 2.71. The fourth-order valence-electron chi connectivity index (χ4n) is 3.07. The van der Waals surface area contributed by atoms with E-state index in [-0.39, 0.29) is 17.8 Å². The largest absolute Gasteiger partial charge is 0.480 e. The molecule has 10 heteroatoms. The minimum atomic E-state index is -1.13. The first-order valence-corrected chi connectivity index (χ1v) is 12.6. The lowest BCUT2D eigenvalue weighted by molar-refractivity contribution is -0.143. The first kappa shape index (κ1) is 30.2. The Morgan fingerprint density at radius 3 is 1.91 bits per heavy atom. The molecule has 3 amide bonds. The monoisotopic (exact) mass is 474 g/mol. The summed E-state index contributed by atoms with van der Waals surface area (Å²) in [6, 6.07) is -3.56. The lowest BCUT2D eigenvalue weighted by atomic mass is 9.96. The number of hydrogen-bond donors (Lipinski definition) is 5. The van der Waals surface area contributed by atoms with Crippen molar-refractivity contribution < 1.29 is 24.3 Å². The summed E-state index contributed by atoms with van der Waals surface area (Å²) in [6.45, 7) is 11.0. The molecule has 9 nitrogen and oxygen atoms in total. The van der Waals surface area contributed by atoms with Gasteiger partial charge in [0.15, 0.2) is 0 Å². The fourth-order valence-corrected chi connectivity index (χ4v) is 3.56. The standard InChI is InChI=1S/C22H42N4O5S/c1-8-14(6)18(26-19(27)15(23)9-10-32-7)21(29)24-16(11-12(2)3)20(28)25-17(13(4)5)22(30)31/h12-18H,8-11,23H2,1-7H3,(H,24,29)(H,25,28)(H,26,27)(H,30,31). The lowest BCUT2D eigenvalue weighted by Gasteiger charge is -2.29. The molecule has 0 spiro atoms. The molecule has 0 aromatic heterocycles. The Kier molecular flexibility index (Phi) is 14.2. The number of nitrogens with one attached hydrogen (secondary N) is 3. The van der Waals surface area contributed by atoms with E-state index in [0.717, 1.165) is 5.75 Å². The Balaban J connectivity index is 5.50. The molecule has 0 aromatic carbocycles. The number of hydrogen-bond acceptors (Lipinski definition) is 6. The van der Waals surface area contributed by atoms with Gasteiger partial charge in [-0.2, -0.15) is 11.8 Å². The highest BCUT2D eigenvalue weighted by molar-refractivity contribution is 7.98. The molecule has 0 aliphatic heterocycles. The summed E-state index contributed by atoms with van der Waals surface area (Å²) in [4.78, 5) is 49.9. The highest BCUT2D eigenvalue weighted by Crippen LogP contribution is 2.12. The number of carboxylic acids is 1. The predicted molar refractivity (Wildman–Crippen MR) is 128 cm³/mol. The van der Waals surface area contributed by atoms with Gasteiger partial charge >= 0.3 is 5.97 Å². The van der Waals surface area contributed by atoms with Crippen LogP contribution >= 0.6 is 11.8 Å². The van der Waals surface area contributed by atoms with Crippen LogP contribution in [0.5, 0.6) is 0 Å². The molecule has 0 fully saturated rings. The van der Waals surface area contributed by atoms with Crippen LogP contribution in [0.25, 0.3) is 0 Å². The molecule has 0 radical (unpaired) electrons. The minimum Gasteiger partial charge on any atom is -0.480 e. The molecule has 0 saturated heterocycles. The summed E-state index contributed by atoms with van der Waals surface area (Å²) in [5.74, 6) is -2.28. The zero-order chi connectivity index (χ0) is 25.0. The van der Waals surface area contributed by atoms with Crippen LogP contribution in [0.4, 0.5) is 0 Å². The topological polar surface area (TPSA) is 151 Å². The van der Waals surface area contributed by atoms with Crippen LogP contribution in [-0.4, -0.2) is 65.0 Å². The number of rotatable bonds is 15. The smallest absolute Gasteiger partial charge is 0.326 e. The summed E-state index contributed by atoms with van der Waals surface area (Å²) in [7, 11) is 0. The van der Waals surface area contributed by atoms with Gasteiger partial charge in [0.2, 0.25) is 17.7 Å².